The van der Waals surface area contributed by atoms with Crippen LogP contribution in [-0.2, 0) is 0 Å². The molecule has 8 nitrogen and oxygen atoms in total. The number of fused-ring (bicyclic) bond motifs is 1. The molecule has 1 unspecified atom stereocenters. The van der Waals surface area contributed by atoms with Crippen molar-refractivity contribution >= 4 is 17.0 Å². The van der Waals surface area contributed by atoms with Gasteiger partial charge < -0.3 is 10.6 Å². The van der Waals surface area contributed by atoms with Crippen molar-refractivity contribution in [2.24, 2.45) is 11.1 Å². The Kier molecular flexibility index (Phi) is 3.06. The number of H-pyrrole nitrogens is 1. The fraction of sp³-hybridized carbons (Fsp3) is 0.600. The molecular formula is C15H20N6O2. The third-order valence-electron chi connectivity index (χ3n) is 4.91. The van der Waals surface area contributed by atoms with Crippen LogP contribution < -0.4 is 21.9 Å². The van der Waals surface area contributed by atoms with E-state index in [1.165, 1.54) is 6.20 Å². The van der Waals surface area contributed by atoms with Crippen LogP contribution in [0, 0.1) is 5.41 Å². The molecule has 1 saturated carbocycles. The zero-order valence-electron chi connectivity index (χ0n) is 13.1. The first-order valence-corrected chi connectivity index (χ1v) is 7.97. The van der Waals surface area contributed by atoms with E-state index in [0.717, 1.165) is 32.4 Å². The van der Waals surface area contributed by atoms with Gasteiger partial charge in [0.15, 0.2) is 5.65 Å². The standard InChI is InChI=1S/C15H20N6O2/c1-15(7-16)4-5-20(8-15)13-17-6-10-11(18-13)21(9-2-3-9)14(23)19-12(10)22/h6,9H,2-5,7-8,16H2,1H3,(H,19,22,23). The van der Waals surface area contributed by atoms with Gasteiger partial charge in [-0.3, -0.25) is 14.3 Å². The zero-order valence-corrected chi connectivity index (χ0v) is 13.1. The molecule has 23 heavy (non-hydrogen) atoms. The van der Waals surface area contributed by atoms with Crippen molar-refractivity contribution in [3.05, 3.63) is 27.0 Å². The normalized spacial score (nSPS) is 24.5. The highest BCUT2D eigenvalue weighted by Crippen LogP contribution is 2.35. The number of aromatic nitrogens is 4. The summed E-state index contributed by atoms with van der Waals surface area (Å²) in [4.78, 5) is 37.5. The molecular weight excluding hydrogens is 296 g/mol. The smallest absolute Gasteiger partial charge is 0.330 e. The Bertz CT molecular complexity index is 884. The van der Waals surface area contributed by atoms with Crippen LogP contribution in [0.2, 0.25) is 0 Å². The molecule has 1 saturated heterocycles. The molecule has 2 aromatic heterocycles. The van der Waals surface area contributed by atoms with Crippen LogP contribution in [0.15, 0.2) is 15.8 Å². The van der Waals surface area contributed by atoms with Gasteiger partial charge in [0.05, 0.1) is 0 Å². The van der Waals surface area contributed by atoms with Gasteiger partial charge in [-0.2, -0.15) is 4.98 Å². The van der Waals surface area contributed by atoms with Crippen molar-refractivity contribution in [1.82, 2.24) is 19.5 Å². The monoisotopic (exact) mass is 316 g/mol. The molecule has 1 aliphatic heterocycles. The number of hydrogen-bond donors (Lipinski definition) is 2. The summed E-state index contributed by atoms with van der Waals surface area (Å²) >= 11 is 0. The van der Waals surface area contributed by atoms with E-state index in [1.807, 2.05) is 0 Å². The molecule has 0 amide bonds. The lowest BCUT2D eigenvalue weighted by Gasteiger charge is -2.22. The van der Waals surface area contributed by atoms with Gasteiger partial charge in [-0.1, -0.05) is 6.92 Å². The average molecular weight is 316 g/mol. The van der Waals surface area contributed by atoms with E-state index in [9.17, 15) is 9.59 Å². The Morgan fingerprint density at radius 1 is 1.43 bits per heavy atom. The fourth-order valence-corrected chi connectivity index (χ4v) is 3.21. The maximum absolute atomic E-state index is 12.1. The topological polar surface area (TPSA) is 110 Å². The average Bonchev–Trinajstić information content (AvgIpc) is 3.28. The van der Waals surface area contributed by atoms with Crippen molar-refractivity contribution in [1.29, 1.82) is 0 Å². The Morgan fingerprint density at radius 2 is 2.22 bits per heavy atom. The van der Waals surface area contributed by atoms with E-state index in [-0.39, 0.29) is 17.1 Å². The first kappa shape index (κ1) is 14.4. The van der Waals surface area contributed by atoms with Crippen molar-refractivity contribution in [3.63, 3.8) is 0 Å². The molecule has 0 spiro atoms. The van der Waals surface area contributed by atoms with Crippen LogP contribution in [-0.4, -0.2) is 39.2 Å². The fourth-order valence-electron chi connectivity index (χ4n) is 3.21. The highest BCUT2D eigenvalue weighted by atomic mass is 16.2. The Balaban J connectivity index is 1.83. The summed E-state index contributed by atoms with van der Waals surface area (Å²) in [5.74, 6) is 0.564. The quantitative estimate of drug-likeness (QED) is 0.824. The Labute approximate surface area is 132 Å². The van der Waals surface area contributed by atoms with E-state index >= 15 is 0 Å². The lowest BCUT2D eigenvalue weighted by molar-refractivity contribution is 0.383. The predicted octanol–water partition coefficient (Wildman–Crippen LogP) is -0.0102. The van der Waals surface area contributed by atoms with Crippen molar-refractivity contribution in [2.45, 2.75) is 32.2 Å². The molecule has 2 fully saturated rings. The summed E-state index contributed by atoms with van der Waals surface area (Å²) in [5, 5.41) is 0.362. The Morgan fingerprint density at radius 3 is 2.87 bits per heavy atom. The largest absolute Gasteiger partial charge is 0.340 e. The van der Waals surface area contributed by atoms with Gasteiger partial charge in [0.2, 0.25) is 5.95 Å². The van der Waals surface area contributed by atoms with E-state index in [0.29, 0.717) is 23.5 Å². The van der Waals surface area contributed by atoms with E-state index < -0.39 is 5.56 Å². The molecule has 4 rings (SSSR count). The minimum Gasteiger partial charge on any atom is -0.340 e. The second-order valence-electron chi connectivity index (χ2n) is 6.95. The minimum absolute atomic E-state index is 0.0582. The van der Waals surface area contributed by atoms with Crippen molar-refractivity contribution < 1.29 is 0 Å². The molecule has 0 radical (unpaired) electrons. The molecule has 2 aromatic rings. The van der Waals surface area contributed by atoms with Crippen molar-refractivity contribution in [2.75, 3.05) is 24.5 Å². The van der Waals surface area contributed by atoms with Crippen LogP contribution in [0.1, 0.15) is 32.2 Å². The number of aromatic amines is 1. The molecule has 8 heteroatoms. The van der Waals surface area contributed by atoms with Crippen LogP contribution in [0.25, 0.3) is 11.0 Å². The summed E-state index contributed by atoms with van der Waals surface area (Å²) in [7, 11) is 0. The third-order valence-corrected chi connectivity index (χ3v) is 4.91. The van der Waals surface area contributed by atoms with Gasteiger partial charge in [-0.25, -0.2) is 9.78 Å². The Hall–Kier alpha value is -2.22. The molecule has 3 heterocycles. The van der Waals surface area contributed by atoms with Crippen LogP contribution in [0.5, 0.6) is 0 Å². The van der Waals surface area contributed by atoms with Crippen LogP contribution in [0.4, 0.5) is 5.95 Å². The van der Waals surface area contributed by atoms with E-state index in [1.54, 1.807) is 4.57 Å². The van der Waals surface area contributed by atoms with E-state index in [2.05, 4.69) is 26.8 Å². The highest BCUT2D eigenvalue weighted by molar-refractivity contribution is 5.74. The predicted molar refractivity (Wildman–Crippen MR) is 86.7 cm³/mol. The second kappa shape index (κ2) is 4.89. The summed E-state index contributed by atoms with van der Waals surface area (Å²) in [6, 6.07) is 0.137. The van der Waals surface area contributed by atoms with Gasteiger partial charge in [0, 0.05) is 25.3 Å². The second-order valence-corrected chi connectivity index (χ2v) is 6.95. The molecule has 1 atom stereocenters. The summed E-state index contributed by atoms with van der Waals surface area (Å²) < 4.78 is 1.60. The van der Waals surface area contributed by atoms with Crippen molar-refractivity contribution in [3.8, 4) is 0 Å². The summed E-state index contributed by atoms with van der Waals surface area (Å²) in [6.07, 6.45) is 4.38. The minimum atomic E-state index is -0.429. The maximum atomic E-state index is 12.1. The van der Waals surface area contributed by atoms with E-state index in [4.69, 9.17) is 5.73 Å². The number of nitrogens with two attached hydrogens (primary N) is 1. The van der Waals surface area contributed by atoms with Gasteiger partial charge in [0.25, 0.3) is 5.56 Å². The van der Waals surface area contributed by atoms with Gasteiger partial charge in [0.1, 0.15) is 5.39 Å². The van der Waals surface area contributed by atoms with Gasteiger partial charge in [-0.15, -0.1) is 0 Å². The first-order chi connectivity index (χ1) is 11.0. The molecule has 0 aromatic carbocycles. The molecule has 1 aliphatic carbocycles. The van der Waals surface area contributed by atoms with Crippen LogP contribution in [0.3, 0.4) is 0 Å². The number of anilines is 1. The number of hydrogen-bond acceptors (Lipinski definition) is 6. The lowest BCUT2D eigenvalue weighted by atomic mass is 9.90. The summed E-state index contributed by atoms with van der Waals surface area (Å²) in [6.45, 7) is 4.38. The summed E-state index contributed by atoms with van der Waals surface area (Å²) in [5.41, 5.74) is 5.53. The SMILES string of the molecule is CC1(CN)CCN(c2ncc3c(=O)[nH]c(=O)n(C4CC4)c3n2)C1. The van der Waals surface area contributed by atoms with Gasteiger partial charge in [-0.05, 0) is 31.2 Å². The molecule has 2 aliphatic rings. The maximum Gasteiger partial charge on any atom is 0.330 e. The molecule has 122 valence electrons. The number of nitrogens with zero attached hydrogens (tertiary/aromatic N) is 4. The third kappa shape index (κ3) is 2.33. The molecule has 3 N–H and O–H groups in total. The molecule has 0 bridgehead atoms. The number of rotatable bonds is 3. The lowest BCUT2D eigenvalue weighted by Crippen LogP contribution is -2.33. The van der Waals surface area contributed by atoms with Gasteiger partial charge >= 0.3 is 5.69 Å². The highest BCUT2D eigenvalue weighted by Gasteiger charge is 2.34. The zero-order chi connectivity index (χ0) is 16.2. The number of nitrogens with one attached hydrogen (secondary N) is 1. The van der Waals surface area contributed by atoms with Crippen LogP contribution >= 0.6 is 0 Å². The first-order valence-electron chi connectivity index (χ1n) is 7.97.